The maximum atomic E-state index is 4.25. The molecule has 3 aromatic rings. The van der Waals surface area contributed by atoms with Crippen LogP contribution >= 0.6 is 0 Å². The Morgan fingerprint density at radius 3 is 2.92 bits per heavy atom. The van der Waals surface area contributed by atoms with Crippen molar-refractivity contribution in [2.45, 2.75) is 32.4 Å². The number of H-pyrrole nitrogens is 1. The number of aryl methyl sites for hydroxylation is 1. The van der Waals surface area contributed by atoms with Gasteiger partial charge in [-0.2, -0.15) is 10.2 Å². The molecular formula is C20H24N6. The molecule has 1 aliphatic heterocycles. The van der Waals surface area contributed by atoms with Gasteiger partial charge in [0.2, 0.25) is 0 Å². The van der Waals surface area contributed by atoms with Crippen LogP contribution in [0, 0.1) is 6.92 Å². The second kappa shape index (κ2) is 7.66. The summed E-state index contributed by atoms with van der Waals surface area (Å²) in [4.78, 5) is 2.31. The van der Waals surface area contributed by atoms with Crippen LogP contribution in [-0.2, 0) is 6.54 Å². The van der Waals surface area contributed by atoms with E-state index in [0.717, 1.165) is 37.6 Å². The molecule has 0 bridgehead atoms. The van der Waals surface area contributed by atoms with Gasteiger partial charge in [0.05, 0.1) is 11.9 Å². The first-order valence-corrected chi connectivity index (χ1v) is 9.15. The molecular weight excluding hydrogens is 324 g/mol. The zero-order chi connectivity index (χ0) is 17.8. The number of anilines is 1. The van der Waals surface area contributed by atoms with Gasteiger partial charge in [0.15, 0.2) is 5.82 Å². The van der Waals surface area contributed by atoms with Crippen molar-refractivity contribution >= 4 is 5.82 Å². The number of benzene rings is 1. The van der Waals surface area contributed by atoms with Gasteiger partial charge in [-0.3, -0.25) is 5.10 Å². The molecule has 0 aliphatic carbocycles. The molecule has 0 radical (unpaired) electrons. The monoisotopic (exact) mass is 348 g/mol. The Labute approximate surface area is 153 Å². The van der Waals surface area contributed by atoms with Gasteiger partial charge in [-0.1, -0.05) is 29.8 Å². The lowest BCUT2D eigenvalue weighted by Crippen LogP contribution is -2.45. The standard InChI is InChI=1S/C20H24N6/c1-15-6-8-16(9-7-15)20-17(13-23-25-20)12-21-18-4-3-11-26(14-18)19-5-2-10-22-24-19/h2,5-10,13,18,21H,3-4,11-12,14H2,1H3,(H,23,25). The van der Waals surface area contributed by atoms with Crippen molar-refractivity contribution in [2.24, 2.45) is 0 Å². The Morgan fingerprint density at radius 1 is 1.23 bits per heavy atom. The second-order valence-electron chi connectivity index (χ2n) is 6.88. The summed E-state index contributed by atoms with van der Waals surface area (Å²) in [5.74, 6) is 0.961. The molecule has 134 valence electrons. The Kier molecular flexibility index (Phi) is 4.93. The Balaban J connectivity index is 1.40. The van der Waals surface area contributed by atoms with Crippen LogP contribution in [0.15, 0.2) is 48.8 Å². The van der Waals surface area contributed by atoms with Crippen molar-refractivity contribution in [3.8, 4) is 11.3 Å². The molecule has 0 amide bonds. The molecule has 2 aromatic heterocycles. The van der Waals surface area contributed by atoms with E-state index in [1.807, 2.05) is 18.3 Å². The summed E-state index contributed by atoms with van der Waals surface area (Å²) in [5, 5.41) is 19.3. The summed E-state index contributed by atoms with van der Waals surface area (Å²) in [7, 11) is 0. The average molecular weight is 348 g/mol. The highest BCUT2D eigenvalue weighted by Gasteiger charge is 2.21. The minimum absolute atomic E-state index is 0.437. The minimum Gasteiger partial charge on any atom is -0.354 e. The van der Waals surface area contributed by atoms with E-state index in [1.165, 1.54) is 23.1 Å². The minimum atomic E-state index is 0.437. The maximum Gasteiger partial charge on any atom is 0.151 e. The molecule has 6 heteroatoms. The third-order valence-corrected chi connectivity index (χ3v) is 4.94. The van der Waals surface area contributed by atoms with Gasteiger partial charge in [-0.15, -0.1) is 5.10 Å². The second-order valence-corrected chi connectivity index (χ2v) is 6.88. The fourth-order valence-corrected chi connectivity index (χ4v) is 3.48. The number of nitrogens with zero attached hydrogens (tertiary/aromatic N) is 4. The lowest BCUT2D eigenvalue weighted by molar-refractivity contribution is 0.419. The lowest BCUT2D eigenvalue weighted by Gasteiger charge is -2.33. The topological polar surface area (TPSA) is 69.7 Å². The zero-order valence-corrected chi connectivity index (χ0v) is 15.0. The largest absolute Gasteiger partial charge is 0.354 e. The molecule has 1 unspecified atom stereocenters. The van der Waals surface area contributed by atoms with Crippen molar-refractivity contribution in [3.05, 3.63) is 59.9 Å². The van der Waals surface area contributed by atoms with Crippen LogP contribution in [-0.4, -0.2) is 39.5 Å². The first-order chi connectivity index (χ1) is 12.8. The van der Waals surface area contributed by atoms with Crippen molar-refractivity contribution in [1.29, 1.82) is 0 Å². The first-order valence-electron chi connectivity index (χ1n) is 9.15. The third kappa shape index (κ3) is 3.75. The van der Waals surface area contributed by atoms with Crippen LogP contribution in [0.3, 0.4) is 0 Å². The van der Waals surface area contributed by atoms with Gasteiger partial charge in [-0.25, -0.2) is 0 Å². The Bertz CT molecular complexity index is 827. The molecule has 0 spiro atoms. The number of hydrogen-bond acceptors (Lipinski definition) is 5. The van der Waals surface area contributed by atoms with Crippen LogP contribution in [0.1, 0.15) is 24.0 Å². The average Bonchev–Trinajstić information content (AvgIpc) is 3.16. The van der Waals surface area contributed by atoms with Crippen LogP contribution in [0.4, 0.5) is 5.82 Å². The van der Waals surface area contributed by atoms with E-state index in [0.29, 0.717) is 6.04 Å². The normalized spacial score (nSPS) is 17.4. The van der Waals surface area contributed by atoms with E-state index in [9.17, 15) is 0 Å². The molecule has 6 nitrogen and oxygen atoms in total. The van der Waals surface area contributed by atoms with Gasteiger partial charge >= 0.3 is 0 Å². The van der Waals surface area contributed by atoms with E-state index in [4.69, 9.17) is 0 Å². The van der Waals surface area contributed by atoms with Crippen molar-refractivity contribution in [2.75, 3.05) is 18.0 Å². The highest BCUT2D eigenvalue weighted by Crippen LogP contribution is 2.22. The van der Waals surface area contributed by atoms with Crippen LogP contribution in [0.25, 0.3) is 11.3 Å². The molecule has 0 saturated carbocycles. The number of aromatic amines is 1. The lowest BCUT2D eigenvalue weighted by atomic mass is 10.0. The predicted molar refractivity (Wildman–Crippen MR) is 103 cm³/mol. The number of aromatic nitrogens is 4. The predicted octanol–water partition coefficient (Wildman–Crippen LogP) is 2.93. The van der Waals surface area contributed by atoms with E-state index in [1.54, 1.807) is 6.20 Å². The van der Waals surface area contributed by atoms with Gasteiger partial charge in [-0.05, 0) is 37.5 Å². The smallest absolute Gasteiger partial charge is 0.151 e. The van der Waals surface area contributed by atoms with Crippen molar-refractivity contribution < 1.29 is 0 Å². The highest BCUT2D eigenvalue weighted by molar-refractivity contribution is 5.62. The fourth-order valence-electron chi connectivity index (χ4n) is 3.48. The van der Waals surface area contributed by atoms with Crippen molar-refractivity contribution in [1.82, 2.24) is 25.7 Å². The summed E-state index contributed by atoms with van der Waals surface area (Å²) in [6, 6.07) is 13.0. The van der Waals surface area contributed by atoms with E-state index in [2.05, 4.69) is 61.8 Å². The Morgan fingerprint density at radius 2 is 2.12 bits per heavy atom. The molecule has 1 aliphatic rings. The van der Waals surface area contributed by atoms with Gasteiger partial charge < -0.3 is 10.2 Å². The maximum absolute atomic E-state index is 4.25. The molecule has 4 rings (SSSR count). The van der Waals surface area contributed by atoms with Gasteiger partial charge in [0.1, 0.15) is 0 Å². The Hall–Kier alpha value is -2.73. The summed E-state index contributed by atoms with van der Waals surface area (Å²) < 4.78 is 0. The first kappa shape index (κ1) is 16.7. The summed E-state index contributed by atoms with van der Waals surface area (Å²) in [5.41, 5.74) is 4.73. The fraction of sp³-hybridized carbons (Fsp3) is 0.350. The quantitative estimate of drug-likeness (QED) is 0.742. The van der Waals surface area contributed by atoms with Crippen LogP contribution in [0.5, 0.6) is 0 Å². The molecule has 1 atom stereocenters. The molecule has 1 fully saturated rings. The van der Waals surface area contributed by atoms with E-state index < -0.39 is 0 Å². The molecule has 2 N–H and O–H groups in total. The number of rotatable bonds is 5. The summed E-state index contributed by atoms with van der Waals surface area (Å²) in [6.45, 7) is 4.90. The van der Waals surface area contributed by atoms with Crippen LogP contribution < -0.4 is 10.2 Å². The molecule has 1 aromatic carbocycles. The van der Waals surface area contributed by atoms with Gasteiger partial charge in [0.25, 0.3) is 0 Å². The SMILES string of the molecule is Cc1ccc(-c2[nH]ncc2CNC2CCCN(c3cccnn3)C2)cc1. The van der Waals surface area contributed by atoms with E-state index in [-0.39, 0.29) is 0 Å². The number of nitrogens with one attached hydrogen (secondary N) is 2. The molecule has 3 heterocycles. The summed E-state index contributed by atoms with van der Waals surface area (Å²) >= 11 is 0. The van der Waals surface area contributed by atoms with Crippen molar-refractivity contribution in [3.63, 3.8) is 0 Å². The summed E-state index contributed by atoms with van der Waals surface area (Å²) in [6.07, 6.45) is 5.97. The number of hydrogen-bond donors (Lipinski definition) is 2. The van der Waals surface area contributed by atoms with Crippen LogP contribution in [0.2, 0.25) is 0 Å². The molecule has 1 saturated heterocycles. The highest BCUT2D eigenvalue weighted by atomic mass is 15.3. The number of piperidine rings is 1. The van der Waals surface area contributed by atoms with E-state index >= 15 is 0 Å². The third-order valence-electron chi connectivity index (χ3n) is 4.94. The zero-order valence-electron chi connectivity index (χ0n) is 15.0. The van der Waals surface area contributed by atoms with Gasteiger partial charge in [0, 0.05) is 37.4 Å². The molecule has 26 heavy (non-hydrogen) atoms.